The second-order valence-corrected chi connectivity index (χ2v) is 3.88. The molecule has 0 aromatic heterocycles. The monoisotopic (exact) mass is 241 g/mol. The highest BCUT2D eigenvalue weighted by Gasteiger charge is 1.97. The van der Waals surface area contributed by atoms with Crippen LogP contribution in [0.4, 0.5) is 0 Å². The number of aryl methyl sites for hydroxylation is 1. The van der Waals surface area contributed by atoms with E-state index in [1.54, 1.807) is 0 Å². The van der Waals surface area contributed by atoms with Crippen molar-refractivity contribution in [2.75, 3.05) is 6.61 Å². The van der Waals surface area contributed by atoms with Crippen molar-refractivity contribution in [3.8, 4) is 5.75 Å². The van der Waals surface area contributed by atoms with Crippen LogP contribution in [0.15, 0.2) is 16.6 Å². The number of benzene rings is 1. The molecule has 0 heterocycles. The molecule has 0 bridgehead atoms. The van der Waals surface area contributed by atoms with Gasteiger partial charge in [-0.1, -0.05) is 29.3 Å². The zero-order valence-electron chi connectivity index (χ0n) is 8.06. The molecule has 0 aliphatic carbocycles. The third-order valence-electron chi connectivity index (χ3n) is 1.82. The molecule has 1 aromatic rings. The molecule has 0 spiro atoms. The minimum Gasteiger partial charge on any atom is -0.493 e. The highest BCUT2D eigenvalue weighted by molar-refractivity contribution is 9.10. The van der Waals surface area contributed by atoms with Crippen molar-refractivity contribution in [3.63, 3.8) is 0 Å². The van der Waals surface area contributed by atoms with E-state index in [0.717, 1.165) is 29.7 Å². The zero-order valence-corrected chi connectivity index (χ0v) is 9.65. The summed E-state index contributed by atoms with van der Waals surface area (Å²) in [6, 6.07) is 6.98. The maximum Gasteiger partial charge on any atom is 0.128 e. The van der Waals surface area contributed by atoms with Gasteiger partial charge in [-0.25, -0.2) is 0 Å². The van der Waals surface area contributed by atoms with Gasteiger partial charge in [-0.3, -0.25) is 0 Å². The Bertz CT molecular complexity index is 271. The fourth-order valence-electron chi connectivity index (χ4n) is 0.929. The van der Waals surface area contributed by atoms with Gasteiger partial charge in [-0.2, -0.15) is 0 Å². The van der Waals surface area contributed by atoms with E-state index in [-0.39, 0.29) is 0 Å². The van der Waals surface area contributed by atoms with E-state index >= 15 is 0 Å². The Hall–Kier alpha value is -0.500. The van der Waals surface area contributed by atoms with E-state index < -0.39 is 0 Å². The molecule has 13 heavy (non-hydrogen) atoms. The Morgan fingerprint density at radius 2 is 2.31 bits per heavy atom. The van der Waals surface area contributed by atoms with Crippen LogP contribution in [0.1, 0.15) is 25.3 Å². The van der Waals surface area contributed by atoms with Crippen LogP contribution >= 0.6 is 15.9 Å². The first-order valence-electron chi connectivity index (χ1n) is 4.54. The normalized spacial score (nSPS) is 10.1. The highest BCUT2D eigenvalue weighted by atomic mass is 79.9. The fraction of sp³-hybridized carbons (Fsp3) is 0.455. The van der Waals surface area contributed by atoms with Crippen molar-refractivity contribution < 1.29 is 4.74 Å². The van der Waals surface area contributed by atoms with Crippen molar-refractivity contribution in [2.45, 2.75) is 26.7 Å². The SMILES string of the molecule is CCCCOc1[c]cc(C)c(Br)c1. The summed E-state index contributed by atoms with van der Waals surface area (Å²) in [4.78, 5) is 0. The van der Waals surface area contributed by atoms with Gasteiger partial charge in [0.1, 0.15) is 5.75 Å². The van der Waals surface area contributed by atoms with E-state index in [4.69, 9.17) is 4.74 Å². The molecule has 0 amide bonds. The van der Waals surface area contributed by atoms with Crippen LogP contribution in [0.5, 0.6) is 5.75 Å². The summed E-state index contributed by atoms with van der Waals surface area (Å²) in [7, 11) is 0. The summed E-state index contributed by atoms with van der Waals surface area (Å²) >= 11 is 3.46. The molecule has 0 unspecified atom stereocenters. The van der Waals surface area contributed by atoms with E-state index in [2.05, 4.69) is 28.9 Å². The maximum atomic E-state index is 5.50. The molecule has 1 rings (SSSR count). The summed E-state index contributed by atoms with van der Waals surface area (Å²) < 4.78 is 6.58. The summed E-state index contributed by atoms with van der Waals surface area (Å²) in [5.41, 5.74) is 1.18. The van der Waals surface area contributed by atoms with Crippen LogP contribution in [-0.2, 0) is 0 Å². The van der Waals surface area contributed by atoms with Gasteiger partial charge < -0.3 is 4.74 Å². The van der Waals surface area contributed by atoms with Gasteiger partial charge in [-0.05, 0) is 31.0 Å². The second-order valence-electron chi connectivity index (χ2n) is 3.03. The summed E-state index contributed by atoms with van der Waals surface area (Å²) in [6.07, 6.45) is 2.26. The molecule has 2 heteroatoms. The first kappa shape index (κ1) is 10.6. The van der Waals surface area contributed by atoms with E-state index in [1.165, 1.54) is 5.56 Å². The maximum absolute atomic E-state index is 5.50. The molecule has 1 nitrogen and oxygen atoms in total. The van der Waals surface area contributed by atoms with Crippen LogP contribution < -0.4 is 4.74 Å². The Morgan fingerprint density at radius 3 is 2.92 bits per heavy atom. The fourth-order valence-corrected chi connectivity index (χ4v) is 1.25. The predicted octanol–water partition coefficient (Wildman–Crippen LogP) is 3.74. The standard InChI is InChI=1S/C11H14BrO/c1-3-4-7-13-10-6-5-9(2)11(12)8-10/h5,8H,3-4,7H2,1-2H3. The largest absolute Gasteiger partial charge is 0.493 e. The van der Waals surface area contributed by atoms with Gasteiger partial charge >= 0.3 is 0 Å². The van der Waals surface area contributed by atoms with Gasteiger partial charge in [0.15, 0.2) is 0 Å². The first-order chi connectivity index (χ1) is 6.24. The quantitative estimate of drug-likeness (QED) is 0.731. The second kappa shape index (κ2) is 5.28. The molecule has 0 fully saturated rings. The van der Waals surface area contributed by atoms with Crippen LogP contribution in [0, 0.1) is 13.0 Å². The number of unbranched alkanes of at least 4 members (excludes halogenated alkanes) is 1. The number of rotatable bonds is 4. The topological polar surface area (TPSA) is 9.23 Å². The molecule has 0 N–H and O–H groups in total. The molecule has 0 aliphatic heterocycles. The van der Waals surface area contributed by atoms with Crippen molar-refractivity contribution >= 4 is 15.9 Å². The van der Waals surface area contributed by atoms with Gasteiger partial charge in [0.25, 0.3) is 0 Å². The number of hydrogen-bond donors (Lipinski definition) is 0. The third-order valence-corrected chi connectivity index (χ3v) is 2.68. The first-order valence-corrected chi connectivity index (χ1v) is 5.34. The van der Waals surface area contributed by atoms with Gasteiger partial charge in [0, 0.05) is 10.5 Å². The number of hydrogen-bond acceptors (Lipinski definition) is 1. The van der Waals surface area contributed by atoms with Crippen molar-refractivity contribution in [1.82, 2.24) is 0 Å². The van der Waals surface area contributed by atoms with E-state index in [0.29, 0.717) is 0 Å². The Kier molecular flexibility index (Phi) is 4.29. The predicted molar refractivity (Wildman–Crippen MR) is 58.1 cm³/mol. The lowest BCUT2D eigenvalue weighted by Crippen LogP contribution is -1.96. The molecule has 71 valence electrons. The van der Waals surface area contributed by atoms with Gasteiger partial charge in [0.2, 0.25) is 0 Å². The molecule has 0 saturated heterocycles. The van der Waals surface area contributed by atoms with Crippen molar-refractivity contribution in [1.29, 1.82) is 0 Å². The van der Waals surface area contributed by atoms with Crippen molar-refractivity contribution in [2.24, 2.45) is 0 Å². The number of ether oxygens (including phenoxy) is 1. The third kappa shape index (κ3) is 3.39. The lowest BCUT2D eigenvalue weighted by atomic mass is 10.2. The van der Waals surface area contributed by atoms with Crippen LogP contribution in [0.2, 0.25) is 0 Å². The van der Waals surface area contributed by atoms with E-state index in [9.17, 15) is 0 Å². The van der Waals surface area contributed by atoms with Crippen LogP contribution in [0.3, 0.4) is 0 Å². The minimum atomic E-state index is 0.780. The Balaban J connectivity index is 2.53. The van der Waals surface area contributed by atoms with Crippen LogP contribution in [0.25, 0.3) is 0 Å². The lowest BCUT2D eigenvalue weighted by Gasteiger charge is -2.05. The summed E-state index contributed by atoms with van der Waals surface area (Å²) in [6.45, 7) is 4.97. The molecule has 0 aliphatic rings. The van der Waals surface area contributed by atoms with E-state index in [1.807, 2.05) is 19.1 Å². The average molecular weight is 242 g/mol. The molecule has 0 saturated carbocycles. The zero-order chi connectivity index (χ0) is 9.68. The van der Waals surface area contributed by atoms with Gasteiger partial charge in [-0.15, -0.1) is 0 Å². The highest BCUT2D eigenvalue weighted by Crippen LogP contribution is 2.21. The number of halogens is 1. The molecule has 1 radical (unpaired) electrons. The summed E-state index contributed by atoms with van der Waals surface area (Å²) in [5.74, 6) is 0.825. The van der Waals surface area contributed by atoms with Crippen LogP contribution in [-0.4, -0.2) is 6.61 Å². The van der Waals surface area contributed by atoms with Crippen molar-refractivity contribution in [3.05, 3.63) is 28.2 Å². The lowest BCUT2D eigenvalue weighted by molar-refractivity contribution is 0.308. The average Bonchev–Trinajstić information content (AvgIpc) is 2.12. The molecule has 0 atom stereocenters. The Labute approximate surface area is 88.2 Å². The smallest absolute Gasteiger partial charge is 0.128 e. The minimum absolute atomic E-state index is 0.780. The Morgan fingerprint density at radius 1 is 1.54 bits per heavy atom. The molecular weight excluding hydrogens is 228 g/mol. The van der Waals surface area contributed by atoms with Gasteiger partial charge in [0.05, 0.1) is 6.61 Å². The summed E-state index contributed by atoms with van der Waals surface area (Å²) in [5, 5.41) is 0. The molecule has 1 aromatic carbocycles. The molecular formula is C11H14BrO.